The van der Waals surface area contributed by atoms with Crippen LogP contribution in [0.5, 0.6) is 11.5 Å². The van der Waals surface area contributed by atoms with Gasteiger partial charge in [0, 0.05) is 5.56 Å². The van der Waals surface area contributed by atoms with Crippen molar-refractivity contribution in [2.45, 2.75) is 0 Å². The van der Waals surface area contributed by atoms with Gasteiger partial charge in [0.15, 0.2) is 5.78 Å². The first kappa shape index (κ1) is 14.9. The number of methoxy groups -OCH3 is 1. The van der Waals surface area contributed by atoms with E-state index >= 15 is 0 Å². The van der Waals surface area contributed by atoms with Gasteiger partial charge in [0.2, 0.25) is 0 Å². The second kappa shape index (κ2) is 6.36. The predicted molar refractivity (Wildman–Crippen MR) is 92.0 cm³/mol. The Balaban J connectivity index is 1.83. The van der Waals surface area contributed by atoms with Gasteiger partial charge in [-0.05, 0) is 64.9 Å². The van der Waals surface area contributed by atoms with Crippen molar-refractivity contribution in [3.8, 4) is 11.5 Å². The molecule has 3 rings (SSSR count). The van der Waals surface area contributed by atoms with E-state index in [1.54, 1.807) is 25.3 Å². The molecular formula is C20H16O3. The Bertz CT molecular complexity index is 877. The minimum Gasteiger partial charge on any atom is -0.508 e. The first-order chi connectivity index (χ1) is 11.2. The monoisotopic (exact) mass is 304 g/mol. The van der Waals surface area contributed by atoms with Gasteiger partial charge in [0.05, 0.1) is 7.11 Å². The van der Waals surface area contributed by atoms with Gasteiger partial charge < -0.3 is 9.84 Å². The van der Waals surface area contributed by atoms with Gasteiger partial charge >= 0.3 is 0 Å². The lowest BCUT2D eigenvalue weighted by molar-refractivity contribution is 0.104. The molecule has 0 unspecified atom stereocenters. The fraction of sp³-hybridized carbons (Fsp3) is 0.0500. The van der Waals surface area contributed by atoms with E-state index in [1.807, 2.05) is 36.4 Å². The number of rotatable bonds is 4. The quantitative estimate of drug-likeness (QED) is 0.572. The summed E-state index contributed by atoms with van der Waals surface area (Å²) in [5, 5.41) is 11.4. The number of ether oxygens (including phenoxy) is 1. The SMILES string of the molecule is COc1ccc2cc(/C=C/C(=O)c3ccc(O)cc3)ccc2c1. The summed E-state index contributed by atoms with van der Waals surface area (Å²) in [6.45, 7) is 0. The van der Waals surface area contributed by atoms with Crippen LogP contribution in [0.2, 0.25) is 0 Å². The molecule has 0 spiro atoms. The van der Waals surface area contributed by atoms with Crippen LogP contribution in [0.15, 0.2) is 66.7 Å². The molecule has 23 heavy (non-hydrogen) atoms. The number of fused-ring (bicyclic) bond motifs is 1. The first-order valence-corrected chi connectivity index (χ1v) is 7.25. The molecule has 0 aliphatic heterocycles. The number of allylic oxidation sites excluding steroid dienone is 1. The molecule has 0 aliphatic carbocycles. The van der Waals surface area contributed by atoms with Crippen molar-refractivity contribution in [3.05, 3.63) is 77.9 Å². The van der Waals surface area contributed by atoms with E-state index < -0.39 is 0 Å². The van der Waals surface area contributed by atoms with Gasteiger partial charge in [0.25, 0.3) is 0 Å². The fourth-order valence-corrected chi connectivity index (χ4v) is 2.37. The van der Waals surface area contributed by atoms with Crippen LogP contribution in [0.3, 0.4) is 0 Å². The largest absolute Gasteiger partial charge is 0.508 e. The average Bonchev–Trinajstić information content (AvgIpc) is 2.59. The van der Waals surface area contributed by atoms with E-state index in [0.717, 1.165) is 22.1 Å². The van der Waals surface area contributed by atoms with Crippen LogP contribution in [0, 0.1) is 0 Å². The molecule has 3 heteroatoms. The van der Waals surface area contributed by atoms with Gasteiger partial charge in [-0.3, -0.25) is 4.79 Å². The molecule has 0 saturated heterocycles. The van der Waals surface area contributed by atoms with Gasteiger partial charge in [-0.1, -0.05) is 24.3 Å². The van der Waals surface area contributed by atoms with Crippen LogP contribution < -0.4 is 4.74 Å². The zero-order valence-corrected chi connectivity index (χ0v) is 12.7. The smallest absolute Gasteiger partial charge is 0.185 e. The molecule has 0 radical (unpaired) electrons. The molecule has 0 heterocycles. The molecule has 3 aromatic rings. The number of phenolic OH excluding ortho intramolecular Hbond substituents is 1. The minimum absolute atomic E-state index is 0.0974. The Kier molecular flexibility index (Phi) is 4.11. The summed E-state index contributed by atoms with van der Waals surface area (Å²) < 4.78 is 5.21. The maximum absolute atomic E-state index is 12.1. The molecule has 0 atom stereocenters. The highest BCUT2D eigenvalue weighted by molar-refractivity contribution is 6.07. The van der Waals surface area contributed by atoms with E-state index in [9.17, 15) is 9.90 Å². The van der Waals surface area contributed by atoms with Crippen molar-refractivity contribution in [1.82, 2.24) is 0 Å². The van der Waals surface area contributed by atoms with Gasteiger partial charge in [-0.2, -0.15) is 0 Å². The summed E-state index contributed by atoms with van der Waals surface area (Å²) in [5.74, 6) is 0.874. The first-order valence-electron chi connectivity index (χ1n) is 7.25. The summed E-state index contributed by atoms with van der Waals surface area (Å²) in [6.07, 6.45) is 3.33. The third kappa shape index (κ3) is 3.40. The number of hydrogen-bond donors (Lipinski definition) is 1. The highest BCUT2D eigenvalue weighted by atomic mass is 16.5. The average molecular weight is 304 g/mol. The maximum Gasteiger partial charge on any atom is 0.185 e. The molecule has 114 valence electrons. The number of aromatic hydroxyl groups is 1. The lowest BCUT2D eigenvalue weighted by Gasteiger charge is -2.03. The van der Waals surface area contributed by atoms with Crippen LogP contribution in [0.4, 0.5) is 0 Å². The second-order valence-corrected chi connectivity index (χ2v) is 5.22. The molecule has 0 saturated carbocycles. The number of ketones is 1. The van der Waals surface area contributed by atoms with Crippen molar-refractivity contribution in [2.24, 2.45) is 0 Å². The minimum atomic E-state index is -0.0974. The van der Waals surface area contributed by atoms with Crippen LogP contribution in [-0.2, 0) is 0 Å². The summed E-state index contributed by atoms with van der Waals surface area (Å²) in [5.41, 5.74) is 1.50. The topological polar surface area (TPSA) is 46.5 Å². The number of carbonyl (C=O) groups is 1. The van der Waals surface area contributed by atoms with Crippen molar-refractivity contribution in [1.29, 1.82) is 0 Å². The Hall–Kier alpha value is -3.07. The van der Waals surface area contributed by atoms with Crippen LogP contribution in [0.1, 0.15) is 15.9 Å². The van der Waals surface area contributed by atoms with Gasteiger partial charge in [0.1, 0.15) is 11.5 Å². The Labute approximate surface area is 134 Å². The Morgan fingerprint density at radius 3 is 2.39 bits per heavy atom. The van der Waals surface area contributed by atoms with Gasteiger partial charge in [-0.25, -0.2) is 0 Å². The summed E-state index contributed by atoms with van der Waals surface area (Å²) in [6, 6.07) is 18.1. The van der Waals surface area contributed by atoms with Crippen LogP contribution in [0.25, 0.3) is 16.8 Å². The summed E-state index contributed by atoms with van der Waals surface area (Å²) in [4.78, 5) is 12.1. The Morgan fingerprint density at radius 1 is 0.957 bits per heavy atom. The van der Waals surface area contributed by atoms with Crippen LogP contribution in [-0.4, -0.2) is 18.0 Å². The van der Waals surface area contributed by atoms with Crippen molar-refractivity contribution < 1.29 is 14.6 Å². The zero-order valence-electron chi connectivity index (χ0n) is 12.7. The van der Waals surface area contributed by atoms with E-state index in [1.165, 1.54) is 18.2 Å². The molecule has 1 N–H and O–H groups in total. The third-order valence-electron chi connectivity index (χ3n) is 3.65. The number of benzene rings is 3. The van der Waals surface area contributed by atoms with Crippen molar-refractivity contribution >= 4 is 22.6 Å². The molecule has 0 bridgehead atoms. The van der Waals surface area contributed by atoms with E-state index in [2.05, 4.69) is 0 Å². The third-order valence-corrected chi connectivity index (χ3v) is 3.65. The number of hydrogen-bond acceptors (Lipinski definition) is 3. The normalized spacial score (nSPS) is 11.0. The highest BCUT2D eigenvalue weighted by Crippen LogP contribution is 2.22. The molecule has 0 aliphatic rings. The molecule has 0 fully saturated rings. The van der Waals surface area contributed by atoms with Crippen molar-refractivity contribution in [2.75, 3.05) is 7.11 Å². The number of carbonyl (C=O) groups excluding carboxylic acids is 1. The standard InChI is InChI=1S/C20H16O3/c1-23-19-10-7-16-12-14(2-4-17(16)13-19)3-11-20(22)15-5-8-18(21)9-6-15/h2-13,21H,1H3/b11-3+. The van der Waals surface area contributed by atoms with E-state index in [0.29, 0.717) is 5.56 Å². The molecule has 3 nitrogen and oxygen atoms in total. The molecule has 3 aromatic carbocycles. The van der Waals surface area contributed by atoms with Crippen molar-refractivity contribution in [3.63, 3.8) is 0 Å². The number of phenols is 1. The summed E-state index contributed by atoms with van der Waals surface area (Å²) in [7, 11) is 1.65. The van der Waals surface area contributed by atoms with E-state index in [4.69, 9.17) is 4.74 Å². The molecular weight excluding hydrogens is 288 g/mol. The molecule has 0 amide bonds. The van der Waals surface area contributed by atoms with Gasteiger partial charge in [-0.15, -0.1) is 0 Å². The zero-order chi connectivity index (χ0) is 16.2. The maximum atomic E-state index is 12.1. The fourth-order valence-electron chi connectivity index (χ4n) is 2.37. The predicted octanol–water partition coefficient (Wildman–Crippen LogP) is 4.45. The lowest BCUT2D eigenvalue weighted by atomic mass is 10.0. The van der Waals surface area contributed by atoms with Crippen LogP contribution >= 0.6 is 0 Å². The Morgan fingerprint density at radius 2 is 1.65 bits per heavy atom. The second-order valence-electron chi connectivity index (χ2n) is 5.22. The van der Waals surface area contributed by atoms with E-state index in [-0.39, 0.29) is 11.5 Å². The summed E-state index contributed by atoms with van der Waals surface area (Å²) >= 11 is 0. The highest BCUT2D eigenvalue weighted by Gasteiger charge is 2.02. The molecule has 0 aromatic heterocycles. The lowest BCUT2D eigenvalue weighted by Crippen LogP contribution is -1.92.